The summed E-state index contributed by atoms with van der Waals surface area (Å²) in [5, 5.41) is 0. The van der Waals surface area contributed by atoms with Gasteiger partial charge in [0.2, 0.25) is 12.4 Å². The summed E-state index contributed by atoms with van der Waals surface area (Å²) in [5.74, 6) is -2.27. The van der Waals surface area contributed by atoms with E-state index in [1.807, 2.05) is 19.1 Å². The van der Waals surface area contributed by atoms with Crippen molar-refractivity contribution in [1.29, 1.82) is 0 Å². The molecule has 1 heterocycles. The van der Waals surface area contributed by atoms with Crippen LogP contribution < -0.4 is 4.74 Å². The van der Waals surface area contributed by atoms with Crippen LogP contribution in [0.5, 0.6) is 5.75 Å². The van der Waals surface area contributed by atoms with Gasteiger partial charge in [0.05, 0.1) is 0 Å². The standard InChI is InChI=1S/C22H28O10/c1-6-16-7-9-17(10-8-16)31-22-21(30-15(5)26)20(29-14(4)25)19(28-13(3)24)18(32-22)11-27-12(2)23/h7-10,18-22H,6,11H2,1-5H3. The lowest BCUT2D eigenvalue weighted by molar-refractivity contribution is -0.288. The second-order valence-corrected chi connectivity index (χ2v) is 7.18. The molecule has 1 aliphatic heterocycles. The molecule has 2 rings (SSSR count). The minimum atomic E-state index is -1.27. The van der Waals surface area contributed by atoms with E-state index in [1.165, 1.54) is 13.8 Å². The molecule has 0 spiro atoms. The van der Waals surface area contributed by atoms with E-state index in [9.17, 15) is 19.2 Å². The van der Waals surface area contributed by atoms with Crippen molar-refractivity contribution in [2.75, 3.05) is 6.61 Å². The Kier molecular flexibility index (Phi) is 9.01. The molecule has 176 valence electrons. The Balaban J connectivity index is 2.42. The third-order valence-corrected chi connectivity index (χ3v) is 4.53. The number of hydrogen-bond acceptors (Lipinski definition) is 10. The van der Waals surface area contributed by atoms with Gasteiger partial charge >= 0.3 is 23.9 Å². The number of aryl methyl sites for hydroxylation is 1. The highest BCUT2D eigenvalue weighted by atomic mass is 16.7. The molecule has 0 aliphatic carbocycles. The Labute approximate surface area is 186 Å². The second-order valence-electron chi connectivity index (χ2n) is 7.18. The molecule has 1 aliphatic rings. The molecule has 1 aromatic rings. The lowest BCUT2D eigenvalue weighted by Crippen LogP contribution is -2.63. The maximum Gasteiger partial charge on any atom is 0.303 e. The molecular formula is C22H28O10. The van der Waals surface area contributed by atoms with Crippen LogP contribution >= 0.6 is 0 Å². The average molecular weight is 452 g/mol. The van der Waals surface area contributed by atoms with Crippen molar-refractivity contribution >= 4 is 23.9 Å². The lowest BCUT2D eigenvalue weighted by atomic mass is 9.98. The molecule has 1 fully saturated rings. The lowest BCUT2D eigenvalue weighted by Gasteiger charge is -2.43. The Morgan fingerprint density at radius 2 is 1.31 bits per heavy atom. The predicted molar refractivity (Wildman–Crippen MR) is 108 cm³/mol. The summed E-state index contributed by atoms with van der Waals surface area (Å²) in [6.07, 6.45) is -5.22. The zero-order valence-electron chi connectivity index (χ0n) is 18.7. The van der Waals surface area contributed by atoms with Crippen LogP contribution in [-0.4, -0.2) is 61.2 Å². The number of carbonyl (C=O) groups is 4. The van der Waals surface area contributed by atoms with E-state index < -0.39 is 54.6 Å². The van der Waals surface area contributed by atoms with Crippen LogP contribution in [0.2, 0.25) is 0 Å². The molecule has 10 heteroatoms. The summed E-state index contributed by atoms with van der Waals surface area (Å²) >= 11 is 0. The topological polar surface area (TPSA) is 124 Å². The number of rotatable bonds is 8. The summed E-state index contributed by atoms with van der Waals surface area (Å²) < 4.78 is 32.9. The molecular weight excluding hydrogens is 424 g/mol. The molecule has 5 atom stereocenters. The number of benzene rings is 1. The molecule has 0 N–H and O–H groups in total. The Morgan fingerprint density at radius 3 is 1.81 bits per heavy atom. The minimum absolute atomic E-state index is 0.313. The zero-order chi connectivity index (χ0) is 23.8. The van der Waals surface area contributed by atoms with Gasteiger partial charge in [0.15, 0.2) is 12.2 Å². The first kappa shape index (κ1) is 25.1. The van der Waals surface area contributed by atoms with Gasteiger partial charge in [-0.15, -0.1) is 0 Å². The van der Waals surface area contributed by atoms with Gasteiger partial charge in [-0.3, -0.25) is 19.2 Å². The summed E-state index contributed by atoms with van der Waals surface area (Å²) in [5.41, 5.74) is 1.08. The van der Waals surface area contributed by atoms with Crippen LogP contribution in [0, 0.1) is 0 Å². The molecule has 0 aromatic heterocycles. The maximum atomic E-state index is 11.8. The van der Waals surface area contributed by atoms with Crippen LogP contribution in [0.15, 0.2) is 24.3 Å². The van der Waals surface area contributed by atoms with E-state index in [-0.39, 0.29) is 6.61 Å². The molecule has 1 saturated heterocycles. The zero-order valence-corrected chi connectivity index (χ0v) is 18.7. The summed E-state index contributed by atoms with van der Waals surface area (Å²) in [4.78, 5) is 46.7. The minimum Gasteiger partial charge on any atom is -0.463 e. The van der Waals surface area contributed by atoms with Crippen molar-refractivity contribution < 1.29 is 47.6 Å². The smallest absolute Gasteiger partial charge is 0.303 e. The van der Waals surface area contributed by atoms with E-state index >= 15 is 0 Å². The average Bonchev–Trinajstić information content (AvgIpc) is 2.70. The van der Waals surface area contributed by atoms with Crippen molar-refractivity contribution in [2.45, 2.75) is 71.7 Å². The van der Waals surface area contributed by atoms with Gasteiger partial charge in [-0.25, -0.2) is 0 Å². The first-order chi connectivity index (χ1) is 15.1. The summed E-state index contributed by atoms with van der Waals surface area (Å²) in [6, 6.07) is 7.15. The highest BCUT2D eigenvalue weighted by Gasteiger charge is 2.53. The first-order valence-electron chi connectivity index (χ1n) is 10.2. The Hall–Kier alpha value is -3.14. The van der Waals surface area contributed by atoms with E-state index in [1.54, 1.807) is 12.1 Å². The number of ether oxygens (including phenoxy) is 6. The van der Waals surface area contributed by atoms with Crippen molar-refractivity contribution in [2.24, 2.45) is 0 Å². The fourth-order valence-electron chi connectivity index (χ4n) is 3.22. The molecule has 0 amide bonds. The predicted octanol–water partition coefficient (Wildman–Crippen LogP) is 1.71. The first-order valence-corrected chi connectivity index (χ1v) is 10.2. The van der Waals surface area contributed by atoms with Crippen molar-refractivity contribution in [1.82, 2.24) is 0 Å². The van der Waals surface area contributed by atoms with Gasteiger partial charge in [-0.2, -0.15) is 0 Å². The summed E-state index contributed by atoms with van der Waals surface area (Å²) in [6.45, 7) is 6.39. The van der Waals surface area contributed by atoms with Crippen molar-refractivity contribution in [3.8, 4) is 5.75 Å². The number of esters is 4. The Bertz CT molecular complexity index is 819. The van der Waals surface area contributed by atoms with Gasteiger partial charge in [0.1, 0.15) is 18.5 Å². The molecule has 10 nitrogen and oxygen atoms in total. The van der Waals surface area contributed by atoms with Gasteiger partial charge in [0, 0.05) is 27.7 Å². The van der Waals surface area contributed by atoms with E-state index in [0.717, 1.165) is 25.8 Å². The summed E-state index contributed by atoms with van der Waals surface area (Å²) in [7, 11) is 0. The molecule has 0 saturated carbocycles. The normalized spacial score (nSPS) is 24.7. The van der Waals surface area contributed by atoms with Crippen molar-refractivity contribution in [3.05, 3.63) is 29.8 Å². The van der Waals surface area contributed by atoms with Crippen LogP contribution in [0.3, 0.4) is 0 Å². The SMILES string of the molecule is CCc1ccc(OC2OC(COC(C)=O)C(OC(C)=O)C(OC(C)=O)C2OC(C)=O)cc1. The van der Waals surface area contributed by atoms with Crippen LogP contribution in [0.4, 0.5) is 0 Å². The fraction of sp³-hybridized carbons (Fsp3) is 0.545. The van der Waals surface area contributed by atoms with Gasteiger partial charge < -0.3 is 28.4 Å². The number of hydrogen-bond donors (Lipinski definition) is 0. The van der Waals surface area contributed by atoms with Gasteiger partial charge in [0.25, 0.3) is 0 Å². The molecule has 1 aromatic carbocycles. The molecule has 32 heavy (non-hydrogen) atoms. The van der Waals surface area contributed by atoms with Gasteiger partial charge in [-0.05, 0) is 24.1 Å². The third kappa shape index (κ3) is 7.23. The maximum absolute atomic E-state index is 11.8. The number of carbonyl (C=O) groups excluding carboxylic acids is 4. The van der Waals surface area contributed by atoms with Crippen molar-refractivity contribution in [3.63, 3.8) is 0 Å². The van der Waals surface area contributed by atoms with E-state index in [0.29, 0.717) is 5.75 Å². The fourth-order valence-corrected chi connectivity index (χ4v) is 3.22. The second kappa shape index (κ2) is 11.5. The quantitative estimate of drug-likeness (QED) is 0.425. The highest BCUT2D eigenvalue weighted by Crippen LogP contribution is 2.31. The van der Waals surface area contributed by atoms with Crippen LogP contribution in [0.1, 0.15) is 40.2 Å². The third-order valence-electron chi connectivity index (χ3n) is 4.53. The van der Waals surface area contributed by atoms with E-state index in [4.69, 9.17) is 28.4 Å². The molecule has 0 radical (unpaired) electrons. The van der Waals surface area contributed by atoms with E-state index in [2.05, 4.69) is 0 Å². The monoisotopic (exact) mass is 452 g/mol. The molecule has 0 bridgehead atoms. The molecule has 5 unspecified atom stereocenters. The van der Waals surface area contributed by atoms with Gasteiger partial charge in [-0.1, -0.05) is 19.1 Å². The largest absolute Gasteiger partial charge is 0.463 e. The Morgan fingerprint density at radius 1 is 0.781 bits per heavy atom. The highest BCUT2D eigenvalue weighted by molar-refractivity contribution is 5.68. The van der Waals surface area contributed by atoms with Crippen LogP contribution in [0.25, 0.3) is 0 Å². The van der Waals surface area contributed by atoms with Crippen LogP contribution in [-0.2, 0) is 49.3 Å².